The molecule has 0 aromatic rings. The average molecular weight is 318 g/mol. The Morgan fingerprint density at radius 1 is 1.26 bits per heavy atom. The van der Waals surface area contributed by atoms with Gasteiger partial charge < -0.3 is 5.11 Å². The number of aliphatic hydroxyl groups excluding tert-OH is 1. The van der Waals surface area contributed by atoms with Crippen molar-refractivity contribution in [1.82, 2.24) is 4.90 Å². The van der Waals surface area contributed by atoms with E-state index in [2.05, 4.69) is 57.4 Å². The molecule has 1 aliphatic rings. The number of allylic oxidation sites excluding steroid dienone is 6. The van der Waals surface area contributed by atoms with Gasteiger partial charge in [0.1, 0.15) is 6.23 Å². The second kappa shape index (κ2) is 10.6. The summed E-state index contributed by atoms with van der Waals surface area (Å²) in [7, 11) is 0. The molecule has 0 saturated carbocycles. The molecule has 1 unspecified atom stereocenters. The minimum Gasteiger partial charge on any atom is -0.374 e. The Labute approximate surface area is 143 Å². The van der Waals surface area contributed by atoms with Gasteiger partial charge in [-0.25, -0.2) is 0 Å². The van der Waals surface area contributed by atoms with Gasteiger partial charge in [0, 0.05) is 13.1 Å². The molecule has 0 radical (unpaired) electrons. The van der Waals surface area contributed by atoms with E-state index in [9.17, 15) is 5.11 Å². The summed E-state index contributed by atoms with van der Waals surface area (Å²) in [6.07, 6.45) is 13.2. The first-order chi connectivity index (χ1) is 11.0. The molecule has 1 rings (SSSR count). The summed E-state index contributed by atoms with van der Waals surface area (Å²) >= 11 is 0. The fraction of sp³-hybridized carbons (Fsp3) is 0.619. The van der Waals surface area contributed by atoms with Gasteiger partial charge in [0.15, 0.2) is 0 Å². The third-order valence-electron chi connectivity index (χ3n) is 4.72. The first-order valence-electron chi connectivity index (χ1n) is 9.11. The van der Waals surface area contributed by atoms with Crippen LogP contribution in [0.4, 0.5) is 0 Å². The van der Waals surface area contributed by atoms with Crippen molar-refractivity contribution in [2.45, 2.75) is 66.0 Å². The maximum Gasteiger partial charge on any atom is 0.129 e. The van der Waals surface area contributed by atoms with Gasteiger partial charge in [-0.05, 0) is 51.0 Å². The Kier molecular flexibility index (Phi) is 9.20. The Balaban J connectivity index is 2.98. The van der Waals surface area contributed by atoms with E-state index < -0.39 is 6.23 Å². The highest BCUT2D eigenvalue weighted by molar-refractivity contribution is 5.30. The van der Waals surface area contributed by atoms with E-state index in [4.69, 9.17) is 0 Å². The van der Waals surface area contributed by atoms with Gasteiger partial charge in [-0.3, -0.25) is 4.90 Å². The molecule has 0 heterocycles. The fourth-order valence-electron chi connectivity index (χ4n) is 3.05. The number of aliphatic hydroxyl groups is 1. The highest BCUT2D eigenvalue weighted by Gasteiger charge is 2.21. The molecule has 2 atom stereocenters. The molecular formula is C21H35NO. The van der Waals surface area contributed by atoms with Crippen molar-refractivity contribution in [3.05, 3.63) is 47.6 Å². The van der Waals surface area contributed by atoms with Crippen LogP contribution in [0.3, 0.4) is 0 Å². The molecule has 0 fully saturated rings. The Morgan fingerprint density at radius 2 is 2.00 bits per heavy atom. The Bertz CT molecular complexity index is 458. The molecule has 0 spiro atoms. The Morgan fingerprint density at radius 3 is 2.61 bits per heavy atom. The lowest BCUT2D eigenvalue weighted by molar-refractivity contribution is 0.0280. The van der Waals surface area contributed by atoms with Crippen molar-refractivity contribution in [2.24, 2.45) is 5.92 Å². The van der Waals surface area contributed by atoms with Crippen LogP contribution in [0.15, 0.2) is 47.6 Å². The average Bonchev–Trinajstić information content (AvgIpc) is 2.61. The van der Waals surface area contributed by atoms with E-state index in [1.165, 1.54) is 11.1 Å². The lowest BCUT2D eigenvalue weighted by Gasteiger charge is -2.30. The SMILES string of the molecule is C=C[C@@H]1C\C(C)=C(C)/C=C/C=C(/C(O)N(CCC)CCCC)C1. The van der Waals surface area contributed by atoms with Crippen molar-refractivity contribution < 1.29 is 5.11 Å². The molecule has 23 heavy (non-hydrogen) atoms. The second-order valence-corrected chi connectivity index (χ2v) is 6.73. The van der Waals surface area contributed by atoms with Crippen LogP contribution in [-0.4, -0.2) is 29.3 Å². The zero-order chi connectivity index (χ0) is 17.2. The zero-order valence-corrected chi connectivity index (χ0v) is 15.5. The van der Waals surface area contributed by atoms with Crippen LogP contribution >= 0.6 is 0 Å². The number of unbranched alkanes of at least 4 members (excludes halogenated alkanes) is 1. The summed E-state index contributed by atoms with van der Waals surface area (Å²) in [4.78, 5) is 2.22. The molecule has 0 amide bonds. The van der Waals surface area contributed by atoms with Crippen LogP contribution in [0.1, 0.15) is 59.8 Å². The van der Waals surface area contributed by atoms with E-state index in [1.807, 2.05) is 6.08 Å². The molecule has 0 bridgehead atoms. The van der Waals surface area contributed by atoms with Gasteiger partial charge >= 0.3 is 0 Å². The predicted octanol–water partition coefficient (Wildman–Crippen LogP) is 5.23. The van der Waals surface area contributed by atoms with E-state index >= 15 is 0 Å². The molecule has 130 valence electrons. The minimum atomic E-state index is -0.479. The maximum atomic E-state index is 10.9. The van der Waals surface area contributed by atoms with Crippen molar-refractivity contribution in [3.63, 3.8) is 0 Å². The molecule has 0 aromatic heterocycles. The quantitative estimate of drug-likeness (QED) is 0.489. The maximum absolute atomic E-state index is 10.9. The minimum absolute atomic E-state index is 0.389. The lowest BCUT2D eigenvalue weighted by Crippen LogP contribution is -2.38. The van der Waals surface area contributed by atoms with E-state index in [-0.39, 0.29) is 0 Å². The van der Waals surface area contributed by atoms with Crippen molar-refractivity contribution in [2.75, 3.05) is 13.1 Å². The van der Waals surface area contributed by atoms with Crippen LogP contribution in [-0.2, 0) is 0 Å². The summed E-state index contributed by atoms with van der Waals surface area (Å²) in [6, 6.07) is 0. The molecule has 0 saturated heterocycles. The van der Waals surface area contributed by atoms with Crippen molar-refractivity contribution in [1.29, 1.82) is 0 Å². The first-order valence-corrected chi connectivity index (χ1v) is 9.11. The number of nitrogens with zero attached hydrogens (tertiary/aromatic N) is 1. The molecule has 2 nitrogen and oxygen atoms in total. The summed E-state index contributed by atoms with van der Waals surface area (Å²) < 4.78 is 0. The van der Waals surface area contributed by atoms with Crippen molar-refractivity contribution >= 4 is 0 Å². The van der Waals surface area contributed by atoms with Crippen LogP contribution < -0.4 is 0 Å². The van der Waals surface area contributed by atoms with E-state index in [0.29, 0.717) is 5.92 Å². The molecule has 1 aliphatic carbocycles. The van der Waals surface area contributed by atoms with E-state index in [0.717, 1.165) is 50.8 Å². The van der Waals surface area contributed by atoms with E-state index in [1.54, 1.807) is 0 Å². The Hall–Kier alpha value is -1.12. The molecule has 1 N–H and O–H groups in total. The lowest BCUT2D eigenvalue weighted by atomic mass is 9.91. The second-order valence-electron chi connectivity index (χ2n) is 6.73. The highest BCUT2D eigenvalue weighted by Crippen LogP contribution is 2.27. The molecule has 0 aromatic carbocycles. The van der Waals surface area contributed by atoms with Crippen molar-refractivity contribution in [3.8, 4) is 0 Å². The number of rotatable bonds is 8. The summed E-state index contributed by atoms with van der Waals surface area (Å²) in [5, 5.41) is 10.9. The summed E-state index contributed by atoms with van der Waals surface area (Å²) in [5.41, 5.74) is 3.84. The smallest absolute Gasteiger partial charge is 0.129 e. The third kappa shape index (κ3) is 6.48. The molecular weight excluding hydrogens is 282 g/mol. The van der Waals surface area contributed by atoms with Gasteiger partial charge in [-0.15, -0.1) is 6.58 Å². The summed E-state index contributed by atoms with van der Waals surface area (Å²) in [5.74, 6) is 0.389. The van der Waals surface area contributed by atoms with Gasteiger partial charge in [0.05, 0.1) is 0 Å². The molecule has 2 heteroatoms. The van der Waals surface area contributed by atoms with Gasteiger partial charge in [0.2, 0.25) is 0 Å². The topological polar surface area (TPSA) is 23.5 Å². The van der Waals surface area contributed by atoms with Gasteiger partial charge in [-0.1, -0.05) is 55.7 Å². The summed E-state index contributed by atoms with van der Waals surface area (Å²) in [6.45, 7) is 14.6. The monoisotopic (exact) mass is 317 g/mol. The van der Waals surface area contributed by atoms with Crippen LogP contribution in [0.2, 0.25) is 0 Å². The normalized spacial score (nSPS) is 27.6. The zero-order valence-electron chi connectivity index (χ0n) is 15.5. The van der Waals surface area contributed by atoms with Crippen LogP contribution in [0.5, 0.6) is 0 Å². The van der Waals surface area contributed by atoms with Crippen LogP contribution in [0.25, 0.3) is 0 Å². The number of hydrogen-bond donors (Lipinski definition) is 1. The largest absolute Gasteiger partial charge is 0.374 e. The first kappa shape index (κ1) is 19.9. The van der Waals surface area contributed by atoms with Gasteiger partial charge in [-0.2, -0.15) is 0 Å². The predicted molar refractivity (Wildman–Crippen MR) is 101 cm³/mol. The van der Waals surface area contributed by atoms with Crippen LogP contribution in [0, 0.1) is 5.92 Å². The standard InChI is InChI=1S/C21H35NO/c1-6-9-14-22(13-7-2)21(23)20-12-10-11-17(4)18(5)15-19(8-3)16-20/h8,10-12,19,21,23H,3,6-7,9,13-16H2,1-2,4-5H3/b11-10+,18-17-,20-12+/t19-,21?/m1/s1. The molecule has 0 aliphatic heterocycles. The fourth-order valence-corrected chi connectivity index (χ4v) is 3.05. The van der Waals surface area contributed by atoms with Gasteiger partial charge in [0.25, 0.3) is 0 Å². The number of hydrogen-bond acceptors (Lipinski definition) is 2. The third-order valence-corrected chi connectivity index (χ3v) is 4.72. The highest BCUT2D eigenvalue weighted by atomic mass is 16.3.